The van der Waals surface area contributed by atoms with Crippen LogP contribution in [0, 0.1) is 0 Å². The predicted octanol–water partition coefficient (Wildman–Crippen LogP) is 17.6. The van der Waals surface area contributed by atoms with E-state index < -0.39 is 6.10 Å². The van der Waals surface area contributed by atoms with Gasteiger partial charge < -0.3 is 14.2 Å². The monoisotopic (exact) mass is 849 g/mol. The van der Waals surface area contributed by atoms with Gasteiger partial charge in [0.15, 0.2) is 6.10 Å². The average molecular weight is 849 g/mol. The number of carbonyl (C=O) groups is 3. The molecule has 0 aliphatic rings. The van der Waals surface area contributed by atoms with E-state index in [1.165, 1.54) is 212 Å². The van der Waals surface area contributed by atoms with Crippen LogP contribution in [0.25, 0.3) is 0 Å². The molecule has 6 heteroatoms. The van der Waals surface area contributed by atoms with E-state index in [2.05, 4.69) is 20.8 Å². The summed E-state index contributed by atoms with van der Waals surface area (Å²) in [5.41, 5.74) is 0. The van der Waals surface area contributed by atoms with Gasteiger partial charge in [-0.3, -0.25) is 14.4 Å². The van der Waals surface area contributed by atoms with Gasteiger partial charge in [-0.15, -0.1) is 0 Å². The highest BCUT2D eigenvalue weighted by Crippen LogP contribution is 2.17. The molecule has 0 N–H and O–H groups in total. The van der Waals surface area contributed by atoms with Crippen LogP contribution >= 0.6 is 0 Å². The molecular weight excluding hydrogens is 745 g/mol. The molecular formula is C54H104O6. The van der Waals surface area contributed by atoms with Crippen LogP contribution < -0.4 is 0 Å². The molecule has 0 heterocycles. The summed E-state index contributed by atoms with van der Waals surface area (Å²) in [5.74, 6) is -0.855. The van der Waals surface area contributed by atoms with E-state index in [9.17, 15) is 14.4 Å². The van der Waals surface area contributed by atoms with Crippen molar-refractivity contribution in [2.75, 3.05) is 13.2 Å². The molecule has 0 amide bonds. The largest absolute Gasteiger partial charge is 0.462 e. The van der Waals surface area contributed by atoms with Crippen LogP contribution in [0.15, 0.2) is 0 Å². The third-order valence-corrected chi connectivity index (χ3v) is 12.4. The molecule has 1 unspecified atom stereocenters. The zero-order valence-electron chi connectivity index (χ0n) is 40.8. The highest BCUT2D eigenvalue weighted by molar-refractivity contribution is 5.71. The maximum atomic E-state index is 12.7. The van der Waals surface area contributed by atoms with Crippen LogP contribution in [-0.2, 0) is 28.6 Å². The van der Waals surface area contributed by atoms with E-state index in [1.54, 1.807) is 0 Å². The lowest BCUT2D eigenvalue weighted by Gasteiger charge is -2.18. The van der Waals surface area contributed by atoms with Gasteiger partial charge in [-0.2, -0.15) is 0 Å². The molecule has 0 bridgehead atoms. The topological polar surface area (TPSA) is 78.9 Å². The lowest BCUT2D eigenvalue weighted by molar-refractivity contribution is -0.167. The molecule has 0 saturated carbocycles. The fourth-order valence-electron chi connectivity index (χ4n) is 8.27. The molecule has 0 rings (SSSR count). The third kappa shape index (κ3) is 47.5. The summed E-state index contributed by atoms with van der Waals surface area (Å²) in [4.78, 5) is 37.7. The second-order valence-corrected chi connectivity index (χ2v) is 18.5. The van der Waals surface area contributed by atoms with Crippen LogP contribution in [0.1, 0.15) is 310 Å². The van der Waals surface area contributed by atoms with Gasteiger partial charge in [-0.1, -0.05) is 271 Å². The van der Waals surface area contributed by atoms with E-state index in [-0.39, 0.29) is 31.1 Å². The molecule has 0 spiro atoms. The number of hydrogen-bond acceptors (Lipinski definition) is 6. The van der Waals surface area contributed by atoms with Crippen molar-refractivity contribution in [2.45, 2.75) is 316 Å². The summed E-state index contributed by atoms with van der Waals surface area (Å²) < 4.78 is 16.7. The Morgan fingerprint density at radius 3 is 0.667 bits per heavy atom. The van der Waals surface area contributed by atoms with Crippen LogP contribution in [-0.4, -0.2) is 37.2 Å². The van der Waals surface area contributed by atoms with Crippen molar-refractivity contribution in [3.8, 4) is 0 Å². The van der Waals surface area contributed by atoms with Gasteiger partial charge in [0, 0.05) is 19.3 Å². The SMILES string of the molecule is CCCCCCCCCCCCCCCCCCCCCCCCCCCCC(=O)OCC(COC(=O)CCCCCCCCC)OC(=O)CCCCCCCCCCC. The second-order valence-electron chi connectivity index (χ2n) is 18.5. The summed E-state index contributed by atoms with van der Waals surface area (Å²) in [6, 6.07) is 0. The third-order valence-electron chi connectivity index (χ3n) is 12.4. The lowest BCUT2D eigenvalue weighted by atomic mass is 10.0. The summed E-state index contributed by atoms with van der Waals surface area (Å²) in [6.07, 6.45) is 54.2. The first-order valence-electron chi connectivity index (χ1n) is 27.0. The van der Waals surface area contributed by atoms with Crippen molar-refractivity contribution in [3.05, 3.63) is 0 Å². The Balaban J connectivity index is 3.95. The molecule has 0 saturated heterocycles. The average Bonchev–Trinajstić information content (AvgIpc) is 3.24. The number of unbranched alkanes of at least 4 members (excludes halogenated alkanes) is 39. The van der Waals surface area contributed by atoms with Gasteiger partial charge >= 0.3 is 17.9 Å². The molecule has 0 aromatic carbocycles. The summed E-state index contributed by atoms with van der Waals surface area (Å²) in [5, 5.41) is 0. The fraction of sp³-hybridized carbons (Fsp3) is 0.944. The first kappa shape index (κ1) is 58.4. The number of ether oxygens (including phenoxy) is 3. The Kier molecular flexibility index (Phi) is 48.7. The van der Waals surface area contributed by atoms with Gasteiger partial charge in [0.25, 0.3) is 0 Å². The minimum Gasteiger partial charge on any atom is -0.462 e. The molecule has 0 radical (unpaired) electrons. The summed E-state index contributed by atoms with van der Waals surface area (Å²) in [7, 11) is 0. The Hall–Kier alpha value is -1.59. The standard InChI is InChI=1S/C54H104O6/c1-4-7-10-13-16-18-19-20-21-22-23-24-25-26-27-28-29-30-31-32-33-34-36-38-41-44-47-53(56)59-50-51(49-58-52(55)46-43-40-37-15-12-9-6-3)60-54(57)48-45-42-39-35-17-14-11-8-5-2/h51H,4-50H2,1-3H3. The molecule has 356 valence electrons. The van der Waals surface area contributed by atoms with E-state index in [0.717, 1.165) is 57.8 Å². The normalized spacial score (nSPS) is 11.8. The number of esters is 3. The van der Waals surface area contributed by atoms with Crippen LogP contribution in [0.3, 0.4) is 0 Å². The molecule has 0 aromatic heterocycles. The fourth-order valence-corrected chi connectivity index (χ4v) is 8.27. The summed E-state index contributed by atoms with van der Waals surface area (Å²) >= 11 is 0. The number of hydrogen-bond donors (Lipinski definition) is 0. The van der Waals surface area contributed by atoms with Crippen molar-refractivity contribution >= 4 is 17.9 Å². The Morgan fingerprint density at radius 2 is 0.450 bits per heavy atom. The number of carbonyl (C=O) groups excluding carboxylic acids is 3. The summed E-state index contributed by atoms with van der Waals surface area (Å²) in [6.45, 7) is 6.62. The van der Waals surface area contributed by atoms with Crippen LogP contribution in [0.2, 0.25) is 0 Å². The van der Waals surface area contributed by atoms with E-state index in [4.69, 9.17) is 14.2 Å². The lowest BCUT2D eigenvalue weighted by Crippen LogP contribution is -2.30. The molecule has 6 nitrogen and oxygen atoms in total. The smallest absolute Gasteiger partial charge is 0.306 e. The minimum atomic E-state index is -0.757. The number of rotatable bonds is 50. The Bertz CT molecular complexity index is 889. The Labute approximate surface area is 374 Å². The predicted molar refractivity (Wildman–Crippen MR) is 257 cm³/mol. The van der Waals surface area contributed by atoms with Crippen molar-refractivity contribution in [1.29, 1.82) is 0 Å². The molecule has 0 aromatic rings. The van der Waals surface area contributed by atoms with Crippen molar-refractivity contribution in [1.82, 2.24) is 0 Å². The van der Waals surface area contributed by atoms with Gasteiger partial charge in [-0.05, 0) is 19.3 Å². The molecule has 0 aliphatic heterocycles. The van der Waals surface area contributed by atoms with Crippen LogP contribution in [0.4, 0.5) is 0 Å². The molecule has 1 atom stereocenters. The quantitative estimate of drug-likeness (QED) is 0.0345. The first-order valence-corrected chi connectivity index (χ1v) is 27.0. The minimum absolute atomic E-state index is 0.0630. The molecule has 0 fully saturated rings. The maximum absolute atomic E-state index is 12.7. The van der Waals surface area contributed by atoms with Gasteiger partial charge in [-0.25, -0.2) is 0 Å². The zero-order valence-corrected chi connectivity index (χ0v) is 40.8. The van der Waals surface area contributed by atoms with Crippen molar-refractivity contribution in [3.63, 3.8) is 0 Å². The molecule has 60 heavy (non-hydrogen) atoms. The maximum Gasteiger partial charge on any atom is 0.306 e. The van der Waals surface area contributed by atoms with Crippen LogP contribution in [0.5, 0.6) is 0 Å². The van der Waals surface area contributed by atoms with E-state index in [1.807, 2.05) is 0 Å². The highest BCUT2D eigenvalue weighted by atomic mass is 16.6. The van der Waals surface area contributed by atoms with Gasteiger partial charge in [0.1, 0.15) is 13.2 Å². The highest BCUT2D eigenvalue weighted by Gasteiger charge is 2.19. The van der Waals surface area contributed by atoms with E-state index in [0.29, 0.717) is 19.3 Å². The zero-order chi connectivity index (χ0) is 43.7. The first-order chi connectivity index (χ1) is 29.5. The van der Waals surface area contributed by atoms with Crippen molar-refractivity contribution in [2.24, 2.45) is 0 Å². The molecule has 0 aliphatic carbocycles. The van der Waals surface area contributed by atoms with E-state index >= 15 is 0 Å². The second kappa shape index (κ2) is 50.1. The van der Waals surface area contributed by atoms with Gasteiger partial charge in [0.05, 0.1) is 0 Å². The van der Waals surface area contributed by atoms with Gasteiger partial charge in [0.2, 0.25) is 0 Å². The Morgan fingerprint density at radius 1 is 0.267 bits per heavy atom. The van der Waals surface area contributed by atoms with Crippen molar-refractivity contribution < 1.29 is 28.6 Å².